The molecule has 1 N–H and O–H groups in total. The second kappa shape index (κ2) is 13.2. The molecule has 2 aliphatic rings. The summed E-state index contributed by atoms with van der Waals surface area (Å²) in [5, 5.41) is 3.19. The van der Waals surface area contributed by atoms with Crippen LogP contribution >= 0.6 is 0 Å². The zero-order valence-electron chi connectivity index (χ0n) is 24.6. The van der Waals surface area contributed by atoms with Crippen molar-refractivity contribution < 1.29 is 23.9 Å². The van der Waals surface area contributed by atoms with Crippen molar-refractivity contribution in [2.75, 3.05) is 6.54 Å². The van der Waals surface area contributed by atoms with Crippen LogP contribution in [0.25, 0.3) is 0 Å². The maximum Gasteiger partial charge on any atom is 0.311 e. The average molecular weight is 528 g/mol. The molecule has 38 heavy (non-hydrogen) atoms. The topological polar surface area (TPSA) is 81.7 Å². The number of carbonyl (C=O) groups is 3. The SMILES string of the molecule is CC(C)CC1CC1CCC(=O)Oc1ccc(C(=O)CNC(C)(C)C)cc1OC(=O)CCC1CC1CC(C)C. The summed E-state index contributed by atoms with van der Waals surface area (Å²) in [7, 11) is 0. The van der Waals surface area contributed by atoms with Crippen molar-refractivity contribution in [3.63, 3.8) is 0 Å². The summed E-state index contributed by atoms with van der Waals surface area (Å²) in [6.45, 7) is 15.1. The van der Waals surface area contributed by atoms with Gasteiger partial charge in [-0.05, 0) is 113 Å². The summed E-state index contributed by atoms with van der Waals surface area (Å²) >= 11 is 0. The van der Waals surface area contributed by atoms with Gasteiger partial charge in [0.1, 0.15) is 0 Å². The minimum Gasteiger partial charge on any atom is -0.423 e. The van der Waals surface area contributed by atoms with Crippen LogP contribution in [0.5, 0.6) is 11.5 Å². The van der Waals surface area contributed by atoms with Crippen LogP contribution in [0.15, 0.2) is 18.2 Å². The number of Topliss-reactive ketones (excluding diaryl/α,β-unsaturated/α-hetero) is 1. The fourth-order valence-electron chi connectivity index (χ4n) is 5.36. The van der Waals surface area contributed by atoms with Crippen molar-refractivity contribution in [1.29, 1.82) is 0 Å². The van der Waals surface area contributed by atoms with Gasteiger partial charge < -0.3 is 14.8 Å². The van der Waals surface area contributed by atoms with Crippen LogP contribution < -0.4 is 14.8 Å². The van der Waals surface area contributed by atoms with Gasteiger partial charge in [0.15, 0.2) is 17.3 Å². The molecule has 0 amide bonds. The third-order valence-electron chi connectivity index (χ3n) is 7.62. The Morgan fingerprint density at radius 2 is 1.32 bits per heavy atom. The summed E-state index contributed by atoms with van der Waals surface area (Å²) in [6, 6.07) is 4.74. The number of hydrogen-bond donors (Lipinski definition) is 1. The van der Waals surface area contributed by atoms with Gasteiger partial charge in [-0.3, -0.25) is 14.4 Å². The van der Waals surface area contributed by atoms with Gasteiger partial charge in [-0.15, -0.1) is 0 Å². The smallest absolute Gasteiger partial charge is 0.311 e. The molecule has 0 heterocycles. The molecule has 3 rings (SSSR count). The minimum absolute atomic E-state index is 0.116. The van der Waals surface area contributed by atoms with Crippen molar-refractivity contribution >= 4 is 17.7 Å². The number of ether oxygens (including phenoxy) is 2. The Labute approximate surface area is 229 Å². The van der Waals surface area contributed by atoms with Crippen LogP contribution in [0, 0.1) is 35.5 Å². The van der Waals surface area contributed by atoms with E-state index >= 15 is 0 Å². The summed E-state index contributed by atoms with van der Waals surface area (Å²) in [6.07, 6.45) is 7.05. The minimum atomic E-state index is -0.357. The van der Waals surface area contributed by atoms with E-state index in [4.69, 9.17) is 9.47 Å². The van der Waals surface area contributed by atoms with E-state index in [9.17, 15) is 14.4 Å². The quantitative estimate of drug-likeness (QED) is 0.150. The number of nitrogens with one attached hydrogen (secondary N) is 1. The zero-order chi connectivity index (χ0) is 28.0. The van der Waals surface area contributed by atoms with Crippen LogP contribution in [-0.4, -0.2) is 29.8 Å². The van der Waals surface area contributed by atoms with E-state index < -0.39 is 0 Å². The van der Waals surface area contributed by atoms with Crippen LogP contribution in [-0.2, 0) is 9.59 Å². The van der Waals surface area contributed by atoms with Crippen LogP contribution in [0.4, 0.5) is 0 Å². The zero-order valence-corrected chi connectivity index (χ0v) is 24.6. The van der Waals surface area contributed by atoms with Crippen LogP contribution in [0.1, 0.15) is 110 Å². The molecule has 0 saturated heterocycles. The van der Waals surface area contributed by atoms with Crippen molar-refractivity contribution in [1.82, 2.24) is 5.32 Å². The highest BCUT2D eigenvalue weighted by Crippen LogP contribution is 2.47. The Bertz CT molecular complexity index is 977. The van der Waals surface area contributed by atoms with Gasteiger partial charge in [0.05, 0.1) is 6.54 Å². The molecule has 1 aromatic rings. The lowest BCUT2D eigenvalue weighted by atomic mass is 10.0. The summed E-state index contributed by atoms with van der Waals surface area (Å²) < 4.78 is 11.3. The van der Waals surface area contributed by atoms with E-state index in [0.29, 0.717) is 48.0 Å². The normalized spacial score (nSPS) is 22.4. The molecule has 0 aromatic heterocycles. The van der Waals surface area contributed by atoms with Crippen molar-refractivity contribution in [2.45, 2.75) is 105 Å². The lowest BCUT2D eigenvalue weighted by Gasteiger charge is -2.20. The lowest BCUT2D eigenvalue weighted by molar-refractivity contribution is -0.137. The van der Waals surface area contributed by atoms with E-state index in [1.165, 1.54) is 31.7 Å². The predicted molar refractivity (Wildman–Crippen MR) is 150 cm³/mol. The molecule has 212 valence electrons. The Balaban J connectivity index is 1.60. The lowest BCUT2D eigenvalue weighted by Crippen LogP contribution is -2.39. The van der Waals surface area contributed by atoms with Crippen LogP contribution in [0.2, 0.25) is 0 Å². The number of esters is 2. The largest absolute Gasteiger partial charge is 0.423 e. The van der Waals surface area contributed by atoms with Crippen molar-refractivity contribution in [3.05, 3.63) is 23.8 Å². The van der Waals surface area contributed by atoms with E-state index in [0.717, 1.165) is 18.8 Å². The molecule has 2 saturated carbocycles. The summed E-state index contributed by atoms with van der Waals surface area (Å²) in [4.78, 5) is 38.2. The highest BCUT2D eigenvalue weighted by atomic mass is 16.6. The van der Waals surface area contributed by atoms with E-state index in [1.54, 1.807) is 12.1 Å². The molecule has 0 aliphatic heterocycles. The van der Waals surface area contributed by atoms with Gasteiger partial charge in [0.2, 0.25) is 0 Å². The molecule has 0 radical (unpaired) electrons. The van der Waals surface area contributed by atoms with Gasteiger partial charge in [-0.2, -0.15) is 0 Å². The molecular weight excluding hydrogens is 478 g/mol. The maximum absolute atomic E-state index is 12.8. The van der Waals surface area contributed by atoms with Crippen LogP contribution in [0.3, 0.4) is 0 Å². The van der Waals surface area contributed by atoms with E-state index in [-0.39, 0.29) is 41.3 Å². The van der Waals surface area contributed by atoms with Gasteiger partial charge in [0, 0.05) is 23.9 Å². The van der Waals surface area contributed by atoms with Crippen molar-refractivity contribution in [2.24, 2.45) is 35.5 Å². The Kier molecular flexibility index (Phi) is 10.6. The van der Waals surface area contributed by atoms with Crippen molar-refractivity contribution in [3.8, 4) is 11.5 Å². The third kappa shape index (κ3) is 10.5. The number of ketones is 1. The molecule has 0 spiro atoms. The molecule has 0 bridgehead atoms. The number of benzene rings is 1. The number of hydrogen-bond acceptors (Lipinski definition) is 6. The first-order valence-corrected chi connectivity index (χ1v) is 14.6. The Morgan fingerprint density at radius 3 is 1.79 bits per heavy atom. The first-order chi connectivity index (χ1) is 17.8. The number of rotatable bonds is 15. The van der Waals surface area contributed by atoms with Gasteiger partial charge in [0.25, 0.3) is 0 Å². The molecule has 4 unspecified atom stereocenters. The first-order valence-electron chi connectivity index (χ1n) is 14.6. The standard InChI is InChI=1S/C32H49NO5/c1-20(2)14-25-16-22(25)9-12-30(35)37-28-11-8-24(27(34)19-33-32(5,6)7)18-29(28)38-31(36)13-10-23-17-26(23)15-21(3)4/h8,11,18,20-23,25-26,33H,9-10,12-17,19H2,1-7H3. The number of carbonyl (C=O) groups excluding carboxylic acids is 3. The summed E-state index contributed by atoms with van der Waals surface area (Å²) in [5.41, 5.74) is 0.213. The Morgan fingerprint density at radius 1 is 0.816 bits per heavy atom. The molecular formula is C32H49NO5. The second-order valence-corrected chi connectivity index (χ2v) is 13.5. The highest BCUT2D eigenvalue weighted by Gasteiger charge is 2.38. The first kappa shape index (κ1) is 30.3. The second-order valence-electron chi connectivity index (χ2n) is 13.5. The monoisotopic (exact) mass is 527 g/mol. The molecule has 2 aliphatic carbocycles. The van der Waals surface area contributed by atoms with Gasteiger partial charge >= 0.3 is 11.9 Å². The highest BCUT2D eigenvalue weighted by molar-refractivity contribution is 5.98. The fourth-order valence-corrected chi connectivity index (χ4v) is 5.36. The fraction of sp³-hybridized carbons (Fsp3) is 0.719. The maximum atomic E-state index is 12.8. The summed E-state index contributed by atoms with van der Waals surface area (Å²) in [5.74, 6) is 3.49. The average Bonchev–Trinajstić information content (AvgIpc) is 3.72. The van der Waals surface area contributed by atoms with Gasteiger partial charge in [-0.1, -0.05) is 27.7 Å². The Hall–Kier alpha value is -2.21. The van der Waals surface area contributed by atoms with E-state index in [2.05, 4.69) is 33.0 Å². The predicted octanol–water partition coefficient (Wildman–Crippen LogP) is 6.99. The molecule has 4 atom stereocenters. The van der Waals surface area contributed by atoms with Gasteiger partial charge in [-0.25, -0.2) is 0 Å². The molecule has 6 heteroatoms. The third-order valence-corrected chi connectivity index (χ3v) is 7.62. The molecule has 2 fully saturated rings. The molecule has 6 nitrogen and oxygen atoms in total. The van der Waals surface area contributed by atoms with E-state index in [1.807, 2.05) is 20.8 Å². The molecule has 1 aromatic carbocycles.